The number of piperidine rings is 1. The number of nitrogens with one attached hydrogen (secondary N) is 1. The molecule has 0 radical (unpaired) electrons. The Morgan fingerprint density at radius 3 is 2.69 bits per heavy atom. The van der Waals surface area contributed by atoms with E-state index in [9.17, 15) is 19.1 Å². The third kappa shape index (κ3) is 5.40. The summed E-state index contributed by atoms with van der Waals surface area (Å²) in [6, 6.07) is 13.3. The number of likely N-dealkylation sites (tertiary alicyclic amines) is 1. The first-order valence-electron chi connectivity index (χ1n) is 9.59. The van der Waals surface area contributed by atoms with Crippen molar-refractivity contribution in [3.05, 3.63) is 71.0 Å². The summed E-state index contributed by atoms with van der Waals surface area (Å²) in [6.45, 7) is 2.41. The van der Waals surface area contributed by atoms with Crippen LogP contribution in [0.3, 0.4) is 0 Å². The molecule has 0 bridgehead atoms. The lowest BCUT2D eigenvalue weighted by Crippen LogP contribution is -2.57. The first-order chi connectivity index (χ1) is 14.0. The molecule has 1 aliphatic rings. The number of hydrogen-bond donors (Lipinski definition) is 2. The largest absolute Gasteiger partial charge is 0.391 e. The number of benzene rings is 2. The van der Waals surface area contributed by atoms with Gasteiger partial charge in [-0.25, -0.2) is 4.39 Å². The number of rotatable bonds is 6. The van der Waals surface area contributed by atoms with Crippen molar-refractivity contribution in [3.63, 3.8) is 0 Å². The highest BCUT2D eigenvalue weighted by atomic mass is 19.1. The molecule has 0 spiro atoms. The molecule has 0 aromatic heterocycles. The zero-order valence-electron chi connectivity index (χ0n) is 16.3. The summed E-state index contributed by atoms with van der Waals surface area (Å²) in [7, 11) is 0. The van der Waals surface area contributed by atoms with Crippen molar-refractivity contribution >= 4 is 11.8 Å². The highest BCUT2D eigenvalue weighted by Crippen LogP contribution is 2.16. The summed E-state index contributed by atoms with van der Waals surface area (Å²) in [5.74, 6) is -1.43. The summed E-state index contributed by atoms with van der Waals surface area (Å²) >= 11 is 0. The van der Waals surface area contributed by atoms with E-state index < -0.39 is 23.9 Å². The number of amides is 2. The Bertz CT molecular complexity index is 839. The van der Waals surface area contributed by atoms with Crippen LogP contribution in [0.25, 0.3) is 0 Å². The van der Waals surface area contributed by atoms with E-state index in [4.69, 9.17) is 4.74 Å². The second kappa shape index (κ2) is 9.62. The van der Waals surface area contributed by atoms with Crippen molar-refractivity contribution in [3.8, 4) is 0 Å². The molecule has 154 valence electrons. The van der Waals surface area contributed by atoms with Gasteiger partial charge in [-0.15, -0.1) is 0 Å². The highest BCUT2D eigenvalue weighted by molar-refractivity contribution is 5.96. The molecule has 1 fully saturated rings. The van der Waals surface area contributed by atoms with Gasteiger partial charge in [-0.1, -0.05) is 42.5 Å². The molecule has 2 aromatic rings. The molecule has 1 aliphatic heterocycles. The van der Waals surface area contributed by atoms with Crippen molar-refractivity contribution in [1.82, 2.24) is 10.2 Å². The Labute approximate surface area is 169 Å². The predicted molar refractivity (Wildman–Crippen MR) is 106 cm³/mol. The van der Waals surface area contributed by atoms with Crippen molar-refractivity contribution in [1.29, 1.82) is 0 Å². The van der Waals surface area contributed by atoms with Crippen LogP contribution in [0, 0.1) is 12.7 Å². The van der Waals surface area contributed by atoms with E-state index in [0.29, 0.717) is 25.1 Å². The topological polar surface area (TPSA) is 78.9 Å². The zero-order chi connectivity index (χ0) is 20.8. The molecule has 29 heavy (non-hydrogen) atoms. The van der Waals surface area contributed by atoms with Gasteiger partial charge in [-0.2, -0.15) is 0 Å². The summed E-state index contributed by atoms with van der Waals surface area (Å²) in [4.78, 5) is 26.5. The van der Waals surface area contributed by atoms with Gasteiger partial charge in [0.1, 0.15) is 12.4 Å². The van der Waals surface area contributed by atoms with Gasteiger partial charge in [0.05, 0.1) is 24.3 Å². The summed E-state index contributed by atoms with van der Waals surface area (Å²) in [5.41, 5.74) is 1.43. The van der Waals surface area contributed by atoms with E-state index >= 15 is 0 Å². The van der Waals surface area contributed by atoms with E-state index in [2.05, 4.69) is 5.32 Å². The van der Waals surface area contributed by atoms with Crippen LogP contribution in [0.4, 0.5) is 4.39 Å². The number of aliphatic hydroxyl groups excluding tert-OH is 1. The Morgan fingerprint density at radius 2 is 1.97 bits per heavy atom. The van der Waals surface area contributed by atoms with Gasteiger partial charge in [0.15, 0.2) is 0 Å². The normalized spacial score (nSPS) is 19.1. The maximum Gasteiger partial charge on any atom is 0.254 e. The van der Waals surface area contributed by atoms with Gasteiger partial charge in [0.25, 0.3) is 5.91 Å². The standard InChI is InChI=1S/C22H25FN2O4/c1-15-6-5-9-17(23)21(15)22(28)24-18-12-25(11-10-19(18)26)20(27)14-29-13-16-7-3-2-4-8-16/h2-9,18-19,26H,10-14H2,1H3,(H,24,28)/t18-,19+/m1/s1. The first kappa shape index (κ1) is 21.0. The maximum absolute atomic E-state index is 14.0. The van der Waals surface area contributed by atoms with Crippen LogP contribution in [-0.2, 0) is 16.1 Å². The first-order valence-corrected chi connectivity index (χ1v) is 9.59. The van der Waals surface area contributed by atoms with E-state index in [1.54, 1.807) is 17.9 Å². The van der Waals surface area contributed by atoms with Gasteiger partial charge in [-0.05, 0) is 30.5 Å². The zero-order valence-corrected chi connectivity index (χ0v) is 16.3. The molecule has 0 unspecified atom stereocenters. The lowest BCUT2D eigenvalue weighted by Gasteiger charge is -2.36. The van der Waals surface area contributed by atoms with E-state index in [-0.39, 0.29) is 24.6 Å². The molecule has 1 heterocycles. The van der Waals surface area contributed by atoms with Crippen LogP contribution >= 0.6 is 0 Å². The van der Waals surface area contributed by atoms with Crippen LogP contribution in [0.5, 0.6) is 0 Å². The highest BCUT2D eigenvalue weighted by Gasteiger charge is 2.32. The lowest BCUT2D eigenvalue weighted by atomic mass is 10.0. The molecule has 0 aliphatic carbocycles. The smallest absolute Gasteiger partial charge is 0.254 e. The third-order valence-electron chi connectivity index (χ3n) is 5.03. The minimum atomic E-state index is -0.805. The van der Waals surface area contributed by atoms with E-state index in [1.165, 1.54) is 12.1 Å². The fraction of sp³-hybridized carbons (Fsp3) is 0.364. The van der Waals surface area contributed by atoms with Crippen molar-refractivity contribution in [2.75, 3.05) is 19.7 Å². The Balaban J connectivity index is 1.55. The summed E-state index contributed by atoms with van der Waals surface area (Å²) in [6.07, 6.45) is -0.480. The second-order valence-corrected chi connectivity index (χ2v) is 7.19. The van der Waals surface area contributed by atoms with Crippen molar-refractivity contribution < 1.29 is 23.8 Å². The third-order valence-corrected chi connectivity index (χ3v) is 5.03. The fourth-order valence-corrected chi connectivity index (χ4v) is 3.39. The Morgan fingerprint density at radius 1 is 1.21 bits per heavy atom. The molecule has 2 N–H and O–H groups in total. The Hall–Kier alpha value is -2.77. The van der Waals surface area contributed by atoms with Gasteiger partial charge in [-0.3, -0.25) is 9.59 Å². The number of aliphatic hydroxyl groups is 1. The molecule has 7 heteroatoms. The molecule has 2 amide bonds. The average Bonchev–Trinajstić information content (AvgIpc) is 2.70. The monoisotopic (exact) mass is 400 g/mol. The van der Waals surface area contributed by atoms with Gasteiger partial charge >= 0.3 is 0 Å². The number of carbonyl (C=O) groups is 2. The summed E-state index contributed by atoms with van der Waals surface area (Å²) in [5, 5.41) is 12.9. The van der Waals surface area contributed by atoms with Crippen LogP contribution < -0.4 is 5.32 Å². The molecule has 0 saturated carbocycles. The van der Waals surface area contributed by atoms with Crippen LogP contribution in [0.2, 0.25) is 0 Å². The van der Waals surface area contributed by atoms with Gasteiger partial charge in [0.2, 0.25) is 5.91 Å². The summed E-state index contributed by atoms with van der Waals surface area (Å²) < 4.78 is 19.5. The van der Waals surface area contributed by atoms with Crippen LogP contribution in [0.15, 0.2) is 48.5 Å². The van der Waals surface area contributed by atoms with Gasteiger partial charge < -0.3 is 20.1 Å². The average molecular weight is 400 g/mol. The SMILES string of the molecule is Cc1cccc(F)c1C(=O)N[C@@H]1CN(C(=O)COCc2ccccc2)CC[C@@H]1O. The minimum Gasteiger partial charge on any atom is -0.391 e. The second-order valence-electron chi connectivity index (χ2n) is 7.19. The molecular formula is C22H25FN2O4. The number of nitrogens with zero attached hydrogens (tertiary/aromatic N) is 1. The fourth-order valence-electron chi connectivity index (χ4n) is 3.39. The van der Waals surface area contributed by atoms with Gasteiger partial charge in [0, 0.05) is 13.1 Å². The Kier molecular flexibility index (Phi) is 6.95. The molecule has 2 aromatic carbocycles. The molecule has 3 rings (SSSR count). The lowest BCUT2D eigenvalue weighted by molar-refractivity contribution is -0.139. The maximum atomic E-state index is 14.0. The van der Waals surface area contributed by atoms with Crippen molar-refractivity contribution in [2.45, 2.75) is 32.1 Å². The van der Waals surface area contributed by atoms with E-state index in [0.717, 1.165) is 5.56 Å². The number of aryl methyl sites for hydroxylation is 1. The van der Waals surface area contributed by atoms with Crippen LogP contribution in [-0.4, -0.2) is 53.7 Å². The quantitative estimate of drug-likeness (QED) is 0.778. The predicted octanol–water partition coefficient (Wildman–Crippen LogP) is 2.04. The minimum absolute atomic E-state index is 0.0469. The van der Waals surface area contributed by atoms with Crippen LogP contribution in [0.1, 0.15) is 27.9 Å². The molecule has 6 nitrogen and oxygen atoms in total. The molecule has 1 saturated heterocycles. The number of carbonyl (C=O) groups excluding carboxylic acids is 2. The number of halogens is 1. The molecule has 2 atom stereocenters. The molecular weight excluding hydrogens is 375 g/mol. The van der Waals surface area contributed by atoms with Crippen molar-refractivity contribution in [2.24, 2.45) is 0 Å². The number of ether oxygens (including phenoxy) is 1. The van der Waals surface area contributed by atoms with E-state index in [1.807, 2.05) is 30.3 Å². The number of hydrogen-bond acceptors (Lipinski definition) is 4.